The van der Waals surface area contributed by atoms with E-state index in [0.29, 0.717) is 17.5 Å². The zero-order valence-electron chi connectivity index (χ0n) is 13.0. The van der Waals surface area contributed by atoms with Gasteiger partial charge in [-0.15, -0.1) is 0 Å². The molecule has 2 atom stereocenters. The number of para-hydroxylation sites is 1. The van der Waals surface area contributed by atoms with E-state index in [1.165, 1.54) is 6.92 Å². The fourth-order valence-corrected chi connectivity index (χ4v) is 2.64. The fraction of sp³-hybridized carbons (Fsp3) is 0.533. The van der Waals surface area contributed by atoms with Gasteiger partial charge in [-0.2, -0.15) is 0 Å². The minimum atomic E-state index is -2.39. The largest absolute Gasteiger partial charge is 0.575 e. The Hall–Kier alpha value is -1.16. The molecule has 0 heterocycles. The Morgan fingerprint density at radius 2 is 2.00 bits per heavy atom. The second-order valence-corrected chi connectivity index (χ2v) is 6.16. The van der Waals surface area contributed by atoms with Gasteiger partial charge in [-0.3, -0.25) is 4.52 Å². The number of ether oxygens (including phenoxy) is 1. The number of esters is 1. The molecule has 1 rings (SSSR count). The standard InChI is InChI=1S/C15H21ClNO4P/c1-4-12(5-2)10-20-15(18)11(3)17-22(19)21-14-9-7-6-8-13(14)16/h6-9,11-12H,4-5,10H2,1-3H3. The topological polar surface area (TPSA) is 71.0 Å². The summed E-state index contributed by atoms with van der Waals surface area (Å²) < 4.78 is 14.1. The van der Waals surface area contributed by atoms with E-state index in [4.69, 9.17) is 20.9 Å². The van der Waals surface area contributed by atoms with Gasteiger partial charge in [0, 0.05) is 0 Å². The SMILES string of the molecule is CCC(CC)COC(=O)C(C)/N=[P+](\[O-])Oc1ccccc1Cl. The third-order valence-electron chi connectivity index (χ3n) is 3.24. The molecule has 0 fully saturated rings. The van der Waals surface area contributed by atoms with Crippen molar-refractivity contribution in [3.63, 3.8) is 0 Å². The number of hydrogen-bond acceptors (Lipinski definition) is 5. The van der Waals surface area contributed by atoms with Crippen LogP contribution in [0.2, 0.25) is 5.02 Å². The third kappa shape index (κ3) is 6.30. The summed E-state index contributed by atoms with van der Waals surface area (Å²) in [6, 6.07) is 5.80. The summed E-state index contributed by atoms with van der Waals surface area (Å²) in [6.45, 7) is 5.97. The molecular weight excluding hydrogens is 325 g/mol. The van der Waals surface area contributed by atoms with Crippen LogP contribution in [0.25, 0.3) is 0 Å². The molecule has 7 heteroatoms. The minimum Gasteiger partial charge on any atom is -0.575 e. The molecule has 0 spiro atoms. The lowest BCUT2D eigenvalue weighted by Crippen LogP contribution is -2.21. The van der Waals surface area contributed by atoms with Crippen LogP contribution >= 0.6 is 19.8 Å². The number of benzene rings is 1. The predicted octanol–water partition coefficient (Wildman–Crippen LogP) is 3.94. The summed E-state index contributed by atoms with van der Waals surface area (Å²) in [6.07, 6.45) is 1.89. The average molecular weight is 346 g/mol. The zero-order chi connectivity index (χ0) is 16.5. The summed E-state index contributed by atoms with van der Waals surface area (Å²) in [5, 5.41) is 0.338. The Balaban J connectivity index is 2.56. The lowest BCUT2D eigenvalue weighted by atomic mass is 10.1. The maximum atomic E-state index is 11.8. The van der Waals surface area contributed by atoms with E-state index < -0.39 is 20.2 Å². The van der Waals surface area contributed by atoms with Gasteiger partial charge >= 0.3 is 14.1 Å². The van der Waals surface area contributed by atoms with Crippen LogP contribution in [0.5, 0.6) is 5.75 Å². The molecule has 0 saturated carbocycles. The highest BCUT2D eigenvalue weighted by molar-refractivity contribution is 7.34. The van der Waals surface area contributed by atoms with E-state index in [9.17, 15) is 9.69 Å². The number of carbonyl (C=O) groups excluding carboxylic acids is 1. The maximum Gasteiger partial charge on any atom is 0.395 e. The van der Waals surface area contributed by atoms with Gasteiger partial charge in [-0.1, -0.05) is 55.2 Å². The van der Waals surface area contributed by atoms with Crippen LogP contribution in [-0.2, 0) is 9.53 Å². The number of nitrogens with zero attached hydrogens (tertiary/aromatic N) is 1. The Kier molecular flexibility index (Phi) is 8.39. The first-order chi connectivity index (χ1) is 10.5. The molecule has 0 N–H and O–H groups in total. The maximum absolute atomic E-state index is 11.8. The van der Waals surface area contributed by atoms with Crippen molar-refractivity contribution >= 4 is 25.7 Å². The highest BCUT2D eigenvalue weighted by Crippen LogP contribution is 2.30. The molecule has 0 aliphatic heterocycles. The number of carbonyl (C=O) groups is 1. The van der Waals surface area contributed by atoms with Crippen LogP contribution < -0.4 is 9.42 Å². The molecule has 0 aliphatic carbocycles. The Bertz CT molecular complexity index is 520. The zero-order valence-corrected chi connectivity index (χ0v) is 14.6. The third-order valence-corrected chi connectivity index (χ3v) is 4.44. The van der Waals surface area contributed by atoms with Crippen molar-refractivity contribution in [3.05, 3.63) is 29.3 Å². The van der Waals surface area contributed by atoms with E-state index >= 15 is 0 Å². The van der Waals surface area contributed by atoms with E-state index in [1.54, 1.807) is 24.3 Å². The normalized spacial score (nSPS) is 13.1. The summed E-state index contributed by atoms with van der Waals surface area (Å²) in [5.41, 5.74) is 0. The monoisotopic (exact) mass is 345 g/mol. The van der Waals surface area contributed by atoms with E-state index in [-0.39, 0.29) is 5.75 Å². The van der Waals surface area contributed by atoms with Gasteiger partial charge in [-0.25, -0.2) is 4.79 Å². The van der Waals surface area contributed by atoms with E-state index in [2.05, 4.69) is 4.74 Å². The van der Waals surface area contributed by atoms with Gasteiger partial charge in [0.05, 0.1) is 11.6 Å². The quantitative estimate of drug-likeness (QED) is 0.528. The highest BCUT2D eigenvalue weighted by atomic mass is 35.5. The predicted molar refractivity (Wildman–Crippen MR) is 85.9 cm³/mol. The molecule has 0 radical (unpaired) electrons. The first-order valence-electron chi connectivity index (χ1n) is 7.25. The van der Waals surface area contributed by atoms with Crippen molar-refractivity contribution in [1.82, 2.24) is 0 Å². The highest BCUT2D eigenvalue weighted by Gasteiger charge is 2.20. The van der Waals surface area contributed by atoms with Crippen LogP contribution in [0, 0.1) is 5.92 Å². The molecule has 0 amide bonds. The van der Waals surface area contributed by atoms with Crippen molar-refractivity contribution in [1.29, 1.82) is 0 Å². The second kappa shape index (κ2) is 9.78. The van der Waals surface area contributed by atoms with Crippen LogP contribution in [0.15, 0.2) is 29.0 Å². The van der Waals surface area contributed by atoms with Gasteiger partial charge in [-0.05, 0) is 25.0 Å². The van der Waals surface area contributed by atoms with Crippen LogP contribution in [-0.4, -0.2) is 18.6 Å². The van der Waals surface area contributed by atoms with Crippen molar-refractivity contribution in [2.75, 3.05) is 6.61 Å². The molecule has 0 aliphatic rings. The Labute approximate surface area is 137 Å². The second-order valence-electron chi connectivity index (χ2n) is 4.86. The Morgan fingerprint density at radius 1 is 1.36 bits per heavy atom. The van der Waals surface area contributed by atoms with Crippen molar-refractivity contribution in [3.8, 4) is 5.75 Å². The minimum absolute atomic E-state index is 0.270. The van der Waals surface area contributed by atoms with Gasteiger partial charge in [0.2, 0.25) is 5.75 Å². The molecule has 0 aromatic heterocycles. The molecular formula is C15H21ClNO4P. The van der Waals surface area contributed by atoms with Crippen molar-refractivity contribution < 1.29 is 18.9 Å². The number of rotatable bonds is 8. The number of hydrogen-bond donors (Lipinski definition) is 0. The molecule has 1 aromatic rings. The van der Waals surface area contributed by atoms with E-state index in [1.807, 2.05) is 13.8 Å². The van der Waals surface area contributed by atoms with Gasteiger partial charge in [0.25, 0.3) is 0 Å². The van der Waals surface area contributed by atoms with Crippen molar-refractivity contribution in [2.45, 2.75) is 39.7 Å². The summed E-state index contributed by atoms with van der Waals surface area (Å²) in [5.74, 6) is 0.105. The van der Waals surface area contributed by atoms with Gasteiger partial charge in [0.1, 0.15) is 0 Å². The lowest BCUT2D eigenvalue weighted by Gasteiger charge is -2.13. The molecule has 22 heavy (non-hydrogen) atoms. The van der Waals surface area contributed by atoms with Gasteiger partial charge < -0.3 is 9.63 Å². The lowest BCUT2D eigenvalue weighted by molar-refractivity contribution is -0.169. The van der Waals surface area contributed by atoms with Crippen LogP contribution in [0.1, 0.15) is 33.6 Å². The molecule has 0 bridgehead atoms. The summed E-state index contributed by atoms with van der Waals surface area (Å²) in [4.78, 5) is 23.6. The van der Waals surface area contributed by atoms with Crippen LogP contribution in [0.3, 0.4) is 0 Å². The molecule has 5 nitrogen and oxygen atoms in total. The first kappa shape index (κ1) is 18.9. The van der Waals surface area contributed by atoms with E-state index in [0.717, 1.165) is 12.8 Å². The average Bonchev–Trinajstić information content (AvgIpc) is 2.50. The number of halogens is 1. The molecule has 1 aromatic carbocycles. The molecule has 0 saturated heterocycles. The van der Waals surface area contributed by atoms with Gasteiger partial charge in [0.15, 0.2) is 6.04 Å². The first-order valence-corrected chi connectivity index (χ1v) is 8.75. The fourth-order valence-electron chi connectivity index (χ4n) is 1.66. The van der Waals surface area contributed by atoms with Crippen LogP contribution in [0.4, 0.5) is 0 Å². The van der Waals surface area contributed by atoms with Crippen molar-refractivity contribution in [2.24, 2.45) is 10.7 Å². The summed E-state index contributed by atoms with van der Waals surface area (Å²) >= 11 is 5.90. The Morgan fingerprint density at radius 3 is 2.59 bits per heavy atom. The summed E-state index contributed by atoms with van der Waals surface area (Å²) in [7, 11) is -2.39. The molecule has 2 unspecified atom stereocenters. The smallest absolute Gasteiger partial charge is 0.395 e. The molecule has 122 valence electrons.